The highest BCUT2D eigenvalue weighted by Gasteiger charge is 2.50. The summed E-state index contributed by atoms with van der Waals surface area (Å²) in [6.07, 6.45) is -15.7. The number of hydrogen-bond donors (Lipinski definition) is 0. The molecule has 130 valence electrons. The molecule has 22 heavy (non-hydrogen) atoms. The molecule has 0 aromatic carbocycles. The molecule has 0 aromatic heterocycles. The third-order valence-corrected chi connectivity index (χ3v) is 4.67. The predicted molar refractivity (Wildman–Crippen MR) is 65.1 cm³/mol. The molecule has 2 saturated carbocycles. The zero-order chi connectivity index (χ0) is 16.7. The molecular weight excluding hydrogens is 317 g/mol. The number of ether oxygens (including phenoxy) is 1. The summed E-state index contributed by atoms with van der Waals surface area (Å²) >= 11 is 0. The minimum atomic E-state index is -5.14. The Kier molecular flexibility index (Phi) is 5.29. The third-order valence-electron chi connectivity index (χ3n) is 4.67. The molecule has 0 aromatic rings. The third kappa shape index (κ3) is 4.06. The van der Waals surface area contributed by atoms with Gasteiger partial charge in [-0.25, -0.2) is 17.6 Å². The average molecular weight is 336 g/mol. The Morgan fingerprint density at radius 1 is 0.773 bits per heavy atom. The van der Waals surface area contributed by atoms with Gasteiger partial charge in [-0.15, -0.1) is 13.2 Å². The van der Waals surface area contributed by atoms with Crippen LogP contribution in [0.2, 0.25) is 0 Å². The fourth-order valence-corrected chi connectivity index (χ4v) is 3.78. The molecule has 0 heterocycles. The molecule has 0 saturated heterocycles. The maximum absolute atomic E-state index is 14.1. The van der Waals surface area contributed by atoms with Gasteiger partial charge < -0.3 is 0 Å². The molecule has 0 radical (unpaired) electrons. The van der Waals surface area contributed by atoms with Gasteiger partial charge in [0.05, 0.1) is 0 Å². The molecule has 8 heteroatoms. The summed E-state index contributed by atoms with van der Waals surface area (Å²) in [7, 11) is 0. The zero-order valence-electron chi connectivity index (χ0n) is 12.0. The van der Waals surface area contributed by atoms with E-state index >= 15 is 0 Å². The van der Waals surface area contributed by atoms with E-state index in [1.54, 1.807) is 6.92 Å². The summed E-state index contributed by atoms with van der Waals surface area (Å²) < 4.78 is 95.7. The second-order valence-corrected chi connectivity index (χ2v) is 6.48. The Morgan fingerprint density at radius 3 is 1.64 bits per heavy atom. The molecule has 1 nitrogen and oxygen atoms in total. The molecule has 4 atom stereocenters. The Balaban J connectivity index is 2.04. The summed E-state index contributed by atoms with van der Waals surface area (Å²) in [6, 6.07) is 0. The maximum Gasteiger partial charge on any atom is 0.522 e. The first-order valence-corrected chi connectivity index (χ1v) is 7.39. The minimum absolute atomic E-state index is 0.109. The van der Waals surface area contributed by atoms with Gasteiger partial charge in [0, 0.05) is 5.92 Å². The van der Waals surface area contributed by atoms with E-state index in [-0.39, 0.29) is 18.8 Å². The lowest BCUT2D eigenvalue weighted by molar-refractivity contribution is -0.358. The van der Waals surface area contributed by atoms with Crippen LogP contribution in [0.15, 0.2) is 0 Å². The van der Waals surface area contributed by atoms with Crippen LogP contribution in [-0.4, -0.2) is 37.2 Å². The van der Waals surface area contributed by atoms with Crippen molar-refractivity contribution < 1.29 is 35.5 Å². The van der Waals surface area contributed by atoms with E-state index in [1.807, 2.05) is 0 Å². The highest BCUT2D eigenvalue weighted by atomic mass is 19.4. The number of rotatable bonds is 2. The van der Waals surface area contributed by atoms with Crippen molar-refractivity contribution in [1.82, 2.24) is 0 Å². The van der Waals surface area contributed by atoms with Gasteiger partial charge in [0.25, 0.3) is 0 Å². The van der Waals surface area contributed by atoms with Crippen LogP contribution in [0.25, 0.3) is 0 Å². The van der Waals surface area contributed by atoms with Crippen LogP contribution in [0.5, 0.6) is 0 Å². The predicted octanol–water partition coefficient (Wildman–Crippen LogP) is 4.70. The number of alkyl halides is 7. The first kappa shape index (κ1) is 17.8. The zero-order valence-corrected chi connectivity index (χ0v) is 12.0. The molecule has 0 N–H and O–H groups in total. The molecule has 0 bridgehead atoms. The fraction of sp³-hybridized carbons (Fsp3) is 1.00. The van der Waals surface area contributed by atoms with Crippen LogP contribution in [0.3, 0.4) is 0 Å². The molecule has 4 unspecified atom stereocenters. The van der Waals surface area contributed by atoms with E-state index in [0.29, 0.717) is 0 Å². The van der Waals surface area contributed by atoms with Gasteiger partial charge >= 0.3 is 6.36 Å². The quantitative estimate of drug-likeness (QED) is 0.664. The molecule has 0 spiro atoms. The molecule has 2 rings (SSSR count). The van der Waals surface area contributed by atoms with Gasteiger partial charge in [0.15, 0.2) is 0 Å². The monoisotopic (exact) mass is 336 g/mol. The van der Waals surface area contributed by atoms with Crippen LogP contribution in [0.1, 0.15) is 32.6 Å². The standard InChI is InChI=1S/C14H19F7O/c1-6-2-8(15)12(9(16)3-6)7-4-10(17)13(11(18)5-7)22-14(19,20)21/h6-13H,2-5H2,1H3. The summed E-state index contributed by atoms with van der Waals surface area (Å²) in [5.41, 5.74) is 0. The van der Waals surface area contributed by atoms with E-state index in [9.17, 15) is 30.7 Å². The molecule has 0 aliphatic heterocycles. The Hall–Kier alpha value is -0.530. The smallest absolute Gasteiger partial charge is 0.282 e. The van der Waals surface area contributed by atoms with Crippen LogP contribution in [0.4, 0.5) is 30.7 Å². The highest BCUT2D eigenvalue weighted by Crippen LogP contribution is 2.45. The van der Waals surface area contributed by atoms with Crippen molar-refractivity contribution in [3.8, 4) is 0 Å². The van der Waals surface area contributed by atoms with Crippen molar-refractivity contribution in [3.05, 3.63) is 0 Å². The minimum Gasteiger partial charge on any atom is -0.282 e. The molecular formula is C14H19F7O. The summed E-state index contributed by atoms with van der Waals surface area (Å²) in [5, 5.41) is 0. The first-order chi connectivity index (χ1) is 10.1. The van der Waals surface area contributed by atoms with Crippen molar-refractivity contribution in [2.75, 3.05) is 0 Å². The van der Waals surface area contributed by atoms with E-state index in [1.165, 1.54) is 0 Å². The Bertz CT molecular complexity index is 351. The van der Waals surface area contributed by atoms with Crippen LogP contribution in [0, 0.1) is 17.8 Å². The van der Waals surface area contributed by atoms with Crippen molar-refractivity contribution >= 4 is 0 Å². The molecule has 0 amide bonds. The summed E-state index contributed by atoms with van der Waals surface area (Å²) in [4.78, 5) is 0. The van der Waals surface area contributed by atoms with Gasteiger partial charge in [0.1, 0.15) is 30.8 Å². The van der Waals surface area contributed by atoms with Gasteiger partial charge in [-0.2, -0.15) is 0 Å². The van der Waals surface area contributed by atoms with Crippen LogP contribution < -0.4 is 0 Å². The fourth-order valence-electron chi connectivity index (χ4n) is 3.78. The van der Waals surface area contributed by atoms with E-state index in [2.05, 4.69) is 4.74 Å². The Labute approximate surface area is 124 Å². The maximum atomic E-state index is 14.1. The normalized spacial score (nSPS) is 47.5. The summed E-state index contributed by atoms with van der Waals surface area (Å²) in [5.74, 6) is -2.26. The molecule has 2 aliphatic carbocycles. The van der Waals surface area contributed by atoms with Gasteiger partial charge in [-0.3, -0.25) is 4.74 Å². The van der Waals surface area contributed by atoms with Crippen molar-refractivity contribution in [1.29, 1.82) is 0 Å². The highest BCUT2D eigenvalue weighted by molar-refractivity contribution is 4.96. The Morgan fingerprint density at radius 2 is 1.23 bits per heavy atom. The molecule has 2 aliphatic rings. The first-order valence-electron chi connectivity index (χ1n) is 7.39. The van der Waals surface area contributed by atoms with Gasteiger partial charge in [-0.05, 0) is 37.5 Å². The SMILES string of the molecule is CC1CC(F)C(C2CC(F)C(OC(F)(F)F)C(F)C2)C(F)C1. The largest absolute Gasteiger partial charge is 0.522 e. The second kappa shape index (κ2) is 6.53. The van der Waals surface area contributed by atoms with Gasteiger partial charge in [-0.1, -0.05) is 6.92 Å². The van der Waals surface area contributed by atoms with Gasteiger partial charge in [0.2, 0.25) is 0 Å². The van der Waals surface area contributed by atoms with Crippen LogP contribution in [-0.2, 0) is 4.74 Å². The number of hydrogen-bond acceptors (Lipinski definition) is 1. The van der Waals surface area contributed by atoms with E-state index in [4.69, 9.17) is 0 Å². The van der Waals surface area contributed by atoms with Crippen LogP contribution >= 0.6 is 0 Å². The van der Waals surface area contributed by atoms with E-state index in [0.717, 1.165) is 0 Å². The summed E-state index contributed by atoms with van der Waals surface area (Å²) in [6.45, 7) is 1.69. The lowest BCUT2D eigenvalue weighted by Crippen LogP contribution is -2.49. The average Bonchev–Trinajstić information content (AvgIpc) is 2.31. The lowest BCUT2D eigenvalue weighted by atomic mass is 9.68. The second-order valence-electron chi connectivity index (χ2n) is 6.48. The number of halogens is 7. The lowest BCUT2D eigenvalue weighted by Gasteiger charge is -2.43. The topological polar surface area (TPSA) is 9.23 Å². The van der Waals surface area contributed by atoms with Crippen molar-refractivity contribution in [2.24, 2.45) is 17.8 Å². The van der Waals surface area contributed by atoms with Crippen molar-refractivity contribution in [2.45, 2.75) is 69.8 Å². The van der Waals surface area contributed by atoms with E-state index < -0.39 is 61.8 Å². The van der Waals surface area contributed by atoms with Crippen molar-refractivity contribution in [3.63, 3.8) is 0 Å². The molecule has 2 fully saturated rings.